The van der Waals surface area contributed by atoms with Gasteiger partial charge in [0.1, 0.15) is 12.1 Å². The third-order valence-electron chi connectivity index (χ3n) is 2.01. The molecule has 0 aliphatic rings. The van der Waals surface area contributed by atoms with Gasteiger partial charge in [-0.05, 0) is 42.8 Å². The quantitative estimate of drug-likeness (QED) is 0.851. The standard InChI is InChI=1S/C12H14BrNO5/c1-12(2,3)19-9(15)6-14-5-7(11(17)18)4-8(13)10(14)16/h4-5H,6H2,1-3H3,(H,17,18). The maximum atomic E-state index is 11.8. The van der Waals surface area contributed by atoms with Crippen LogP contribution in [0.5, 0.6) is 0 Å². The third-order valence-corrected chi connectivity index (χ3v) is 2.58. The number of aromatic nitrogens is 1. The number of nitrogens with zero attached hydrogens (tertiary/aromatic N) is 1. The first-order valence-electron chi connectivity index (χ1n) is 5.45. The normalized spacial score (nSPS) is 11.2. The number of carboxylic acid groups (broad SMARTS) is 1. The molecule has 0 amide bonds. The number of hydrogen-bond donors (Lipinski definition) is 1. The molecule has 0 fully saturated rings. The van der Waals surface area contributed by atoms with E-state index in [1.807, 2.05) is 0 Å². The number of aromatic carboxylic acids is 1. The molecule has 7 heteroatoms. The number of halogens is 1. The van der Waals surface area contributed by atoms with Gasteiger partial charge in [0.15, 0.2) is 0 Å². The largest absolute Gasteiger partial charge is 0.478 e. The molecule has 0 saturated heterocycles. The monoisotopic (exact) mass is 331 g/mol. The van der Waals surface area contributed by atoms with Crippen molar-refractivity contribution in [3.63, 3.8) is 0 Å². The molecule has 1 rings (SSSR count). The van der Waals surface area contributed by atoms with Crippen molar-refractivity contribution in [3.05, 3.63) is 32.7 Å². The number of pyridine rings is 1. The fraction of sp³-hybridized carbons (Fsp3) is 0.417. The maximum Gasteiger partial charge on any atom is 0.337 e. The van der Waals surface area contributed by atoms with Crippen molar-refractivity contribution in [1.82, 2.24) is 4.57 Å². The van der Waals surface area contributed by atoms with Crippen LogP contribution in [0.2, 0.25) is 0 Å². The molecule has 0 aliphatic heterocycles. The molecule has 0 unspecified atom stereocenters. The fourth-order valence-electron chi connectivity index (χ4n) is 1.35. The van der Waals surface area contributed by atoms with Crippen LogP contribution in [0.3, 0.4) is 0 Å². The molecule has 19 heavy (non-hydrogen) atoms. The zero-order valence-electron chi connectivity index (χ0n) is 10.8. The van der Waals surface area contributed by atoms with E-state index >= 15 is 0 Å². The molecule has 0 aromatic carbocycles. The molecular formula is C12H14BrNO5. The van der Waals surface area contributed by atoms with Crippen molar-refractivity contribution in [2.45, 2.75) is 32.9 Å². The average molecular weight is 332 g/mol. The van der Waals surface area contributed by atoms with E-state index < -0.39 is 23.1 Å². The SMILES string of the molecule is CC(C)(C)OC(=O)Cn1cc(C(=O)O)cc(Br)c1=O. The van der Waals surface area contributed by atoms with Crippen LogP contribution in [-0.4, -0.2) is 27.2 Å². The van der Waals surface area contributed by atoms with Gasteiger partial charge in [-0.25, -0.2) is 4.79 Å². The Bertz CT molecular complexity index is 570. The highest BCUT2D eigenvalue weighted by Crippen LogP contribution is 2.10. The van der Waals surface area contributed by atoms with Crippen LogP contribution in [0, 0.1) is 0 Å². The van der Waals surface area contributed by atoms with Gasteiger partial charge in [-0.1, -0.05) is 0 Å². The highest BCUT2D eigenvalue weighted by Gasteiger charge is 2.18. The Kier molecular flexibility index (Phi) is 4.52. The third kappa shape index (κ3) is 4.51. The molecule has 0 aliphatic carbocycles. The molecule has 0 saturated carbocycles. The Morgan fingerprint density at radius 2 is 2.00 bits per heavy atom. The molecular weight excluding hydrogens is 318 g/mol. The number of carboxylic acids is 1. The van der Waals surface area contributed by atoms with E-state index in [9.17, 15) is 14.4 Å². The van der Waals surface area contributed by atoms with Crippen molar-refractivity contribution in [2.24, 2.45) is 0 Å². The first-order chi connectivity index (χ1) is 8.60. The summed E-state index contributed by atoms with van der Waals surface area (Å²) >= 11 is 2.97. The van der Waals surface area contributed by atoms with Crippen LogP contribution in [0.15, 0.2) is 21.5 Å². The van der Waals surface area contributed by atoms with E-state index in [0.717, 1.165) is 10.8 Å². The van der Waals surface area contributed by atoms with Gasteiger partial charge >= 0.3 is 11.9 Å². The lowest BCUT2D eigenvalue weighted by Crippen LogP contribution is -2.31. The highest BCUT2D eigenvalue weighted by molar-refractivity contribution is 9.10. The van der Waals surface area contributed by atoms with Crippen molar-refractivity contribution in [1.29, 1.82) is 0 Å². The molecule has 0 radical (unpaired) electrons. The molecule has 1 N–H and O–H groups in total. The van der Waals surface area contributed by atoms with Gasteiger partial charge in [0.05, 0.1) is 10.0 Å². The zero-order valence-corrected chi connectivity index (χ0v) is 12.4. The molecule has 1 heterocycles. The van der Waals surface area contributed by atoms with Gasteiger partial charge in [-0.3, -0.25) is 9.59 Å². The van der Waals surface area contributed by atoms with Crippen LogP contribution in [0.4, 0.5) is 0 Å². The average Bonchev–Trinajstić information content (AvgIpc) is 2.21. The van der Waals surface area contributed by atoms with E-state index in [1.165, 1.54) is 6.07 Å². The molecule has 104 valence electrons. The molecule has 0 spiro atoms. The Morgan fingerprint density at radius 3 is 2.47 bits per heavy atom. The molecule has 0 bridgehead atoms. The second-order valence-electron chi connectivity index (χ2n) is 4.90. The minimum absolute atomic E-state index is 0.0796. The Balaban J connectivity index is 3.04. The summed E-state index contributed by atoms with van der Waals surface area (Å²) in [4.78, 5) is 34.3. The first kappa shape index (κ1) is 15.4. The lowest BCUT2D eigenvalue weighted by atomic mass is 10.2. The lowest BCUT2D eigenvalue weighted by molar-refractivity contribution is -0.155. The Labute approximate surface area is 118 Å². The van der Waals surface area contributed by atoms with Gasteiger partial charge in [0.25, 0.3) is 5.56 Å². The van der Waals surface area contributed by atoms with Gasteiger partial charge < -0.3 is 14.4 Å². The Hall–Kier alpha value is -1.63. The van der Waals surface area contributed by atoms with E-state index in [2.05, 4.69) is 15.9 Å². The molecule has 1 aromatic heterocycles. The first-order valence-corrected chi connectivity index (χ1v) is 6.24. The molecule has 0 atom stereocenters. The summed E-state index contributed by atoms with van der Waals surface area (Å²) in [7, 11) is 0. The summed E-state index contributed by atoms with van der Waals surface area (Å²) in [5.74, 6) is -1.79. The van der Waals surface area contributed by atoms with Gasteiger partial charge in [-0.2, -0.15) is 0 Å². The predicted molar refractivity (Wildman–Crippen MR) is 71.2 cm³/mol. The maximum absolute atomic E-state index is 11.8. The number of esters is 1. The molecule has 1 aromatic rings. The minimum atomic E-state index is -1.18. The number of hydrogen-bond acceptors (Lipinski definition) is 4. The molecule has 6 nitrogen and oxygen atoms in total. The summed E-state index contributed by atoms with van der Waals surface area (Å²) in [5.41, 5.74) is -1.24. The predicted octanol–water partition coefficient (Wildman–Crippen LogP) is 1.65. The number of rotatable bonds is 3. The summed E-state index contributed by atoms with van der Waals surface area (Å²) < 4.78 is 6.16. The zero-order chi connectivity index (χ0) is 14.8. The van der Waals surface area contributed by atoms with Crippen molar-refractivity contribution in [3.8, 4) is 0 Å². The van der Waals surface area contributed by atoms with E-state index in [0.29, 0.717) is 0 Å². The second kappa shape index (κ2) is 5.56. The Morgan fingerprint density at radius 1 is 1.42 bits per heavy atom. The van der Waals surface area contributed by atoms with Crippen LogP contribution < -0.4 is 5.56 Å². The van der Waals surface area contributed by atoms with Crippen LogP contribution >= 0.6 is 15.9 Å². The number of ether oxygens (including phenoxy) is 1. The number of carbonyl (C=O) groups excluding carboxylic acids is 1. The van der Waals surface area contributed by atoms with E-state index in [4.69, 9.17) is 9.84 Å². The fourth-order valence-corrected chi connectivity index (χ4v) is 1.82. The van der Waals surface area contributed by atoms with E-state index in [-0.39, 0.29) is 16.6 Å². The van der Waals surface area contributed by atoms with Gasteiger partial charge in [-0.15, -0.1) is 0 Å². The summed E-state index contributed by atoms with van der Waals surface area (Å²) in [5, 5.41) is 8.89. The van der Waals surface area contributed by atoms with Crippen molar-refractivity contribution in [2.75, 3.05) is 0 Å². The minimum Gasteiger partial charge on any atom is -0.478 e. The van der Waals surface area contributed by atoms with E-state index in [1.54, 1.807) is 20.8 Å². The lowest BCUT2D eigenvalue weighted by Gasteiger charge is -2.19. The smallest absolute Gasteiger partial charge is 0.337 e. The van der Waals surface area contributed by atoms with Crippen molar-refractivity contribution < 1.29 is 19.4 Å². The summed E-state index contributed by atoms with van der Waals surface area (Å²) in [6.45, 7) is 4.78. The summed E-state index contributed by atoms with van der Waals surface area (Å²) in [6, 6.07) is 1.19. The number of carbonyl (C=O) groups is 2. The van der Waals surface area contributed by atoms with Crippen LogP contribution in [0.1, 0.15) is 31.1 Å². The summed E-state index contributed by atoms with van der Waals surface area (Å²) in [6.07, 6.45) is 1.11. The van der Waals surface area contributed by atoms with Gasteiger partial charge in [0.2, 0.25) is 0 Å². The topological polar surface area (TPSA) is 85.6 Å². The van der Waals surface area contributed by atoms with Crippen molar-refractivity contribution >= 4 is 27.9 Å². The highest BCUT2D eigenvalue weighted by atomic mass is 79.9. The van der Waals surface area contributed by atoms with Gasteiger partial charge in [0, 0.05) is 6.20 Å². The second-order valence-corrected chi connectivity index (χ2v) is 5.76. The van der Waals surface area contributed by atoms with Crippen LogP contribution in [0.25, 0.3) is 0 Å². The van der Waals surface area contributed by atoms with Crippen LogP contribution in [-0.2, 0) is 16.1 Å².